The number of aliphatic hydroxyl groups excluding tert-OH is 1. The van der Waals surface area contributed by atoms with Gasteiger partial charge < -0.3 is 10.1 Å². The van der Waals surface area contributed by atoms with Crippen LogP contribution >= 0.6 is 0 Å². The third kappa shape index (κ3) is 5.79. The van der Waals surface area contributed by atoms with Crippen LogP contribution in [0.15, 0.2) is 78.2 Å². The molecule has 0 bridgehead atoms. The quantitative estimate of drug-likeness (QED) is 0.288. The van der Waals surface area contributed by atoms with E-state index < -0.39 is 0 Å². The number of pyridine rings is 1. The van der Waals surface area contributed by atoms with Crippen molar-refractivity contribution in [3.63, 3.8) is 0 Å². The Morgan fingerprint density at radius 2 is 1.79 bits per heavy atom. The van der Waals surface area contributed by atoms with Gasteiger partial charge in [0, 0.05) is 12.0 Å². The third-order valence-electron chi connectivity index (χ3n) is 3.07. The minimum atomic E-state index is 0. The number of rotatable bonds is 2. The number of nitrogens with zero attached hydrogens (tertiary/aromatic N) is 1. The first kappa shape index (κ1) is 19.9. The van der Waals surface area contributed by atoms with Crippen molar-refractivity contribution in [2.45, 2.75) is 13.8 Å². The number of allylic oxidation sites excluding steroid dienone is 3. The van der Waals surface area contributed by atoms with E-state index in [9.17, 15) is 0 Å². The van der Waals surface area contributed by atoms with Crippen LogP contribution in [-0.2, 0) is 21.1 Å². The second kappa shape index (κ2) is 9.85. The van der Waals surface area contributed by atoms with Crippen molar-refractivity contribution < 1.29 is 26.2 Å². The molecule has 1 N–H and O–H groups in total. The molecule has 0 aliphatic heterocycles. The molecule has 3 rings (SSSR count). The molecule has 0 radical (unpaired) electrons. The molecule has 0 aliphatic carbocycles. The molecule has 2 aromatic carbocycles. The van der Waals surface area contributed by atoms with Gasteiger partial charge in [0.05, 0.1) is 0 Å². The summed E-state index contributed by atoms with van der Waals surface area (Å²) in [6.45, 7) is 8.48. The van der Waals surface area contributed by atoms with Crippen molar-refractivity contribution in [3.05, 3.63) is 90.8 Å². The number of fused-ring (bicyclic) bond motifs is 1. The van der Waals surface area contributed by atoms with E-state index in [0.29, 0.717) is 5.57 Å². The zero-order valence-corrected chi connectivity index (χ0v) is 15.9. The maximum absolute atomic E-state index is 8.48. The largest absolute Gasteiger partial charge is 2.00 e. The molecule has 1 heterocycles. The maximum atomic E-state index is 8.48. The first-order valence-corrected chi connectivity index (χ1v) is 7.35. The molecule has 3 heteroatoms. The first-order chi connectivity index (χ1) is 11.1. The van der Waals surface area contributed by atoms with Crippen LogP contribution in [0.25, 0.3) is 22.0 Å². The molecule has 1 aromatic heterocycles. The van der Waals surface area contributed by atoms with E-state index in [2.05, 4.69) is 23.2 Å². The molecule has 0 saturated carbocycles. The summed E-state index contributed by atoms with van der Waals surface area (Å²) in [5.41, 5.74) is 2.66. The van der Waals surface area contributed by atoms with Crippen molar-refractivity contribution >= 4 is 10.8 Å². The van der Waals surface area contributed by atoms with Crippen LogP contribution in [0.5, 0.6) is 0 Å². The summed E-state index contributed by atoms with van der Waals surface area (Å²) >= 11 is 0. The fourth-order valence-electron chi connectivity index (χ4n) is 2.20. The molecule has 0 unspecified atom stereocenters. The monoisotopic (exact) mass is 496 g/mol. The minimum Gasteiger partial charge on any atom is -0.531 e. The van der Waals surface area contributed by atoms with Crippen molar-refractivity contribution in [1.29, 1.82) is 0 Å². The number of hydrogen-bond donors (Lipinski definition) is 1. The van der Waals surface area contributed by atoms with Gasteiger partial charge in [-0.05, 0) is 29.5 Å². The van der Waals surface area contributed by atoms with E-state index in [4.69, 9.17) is 11.7 Å². The van der Waals surface area contributed by atoms with Gasteiger partial charge in [-0.2, -0.15) is 6.08 Å². The van der Waals surface area contributed by atoms with Crippen molar-refractivity contribution in [2.75, 3.05) is 0 Å². The molecule has 2 nitrogen and oxygen atoms in total. The summed E-state index contributed by atoms with van der Waals surface area (Å²) < 4.78 is 0. The Morgan fingerprint density at radius 1 is 1.08 bits per heavy atom. The second-order valence-electron chi connectivity index (χ2n) is 5.19. The molecule has 0 aliphatic rings. The van der Waals surface area contributed by atoms with Crippen molar-refractivity contribution in [3.8, 4) is 11.3 Å². The van der Waals surface area contributed by atoms with Gasteiger partial charge in [0.25, 0.3) is 0 Å². The Bertz CT molecular complexity index is 816. The van der Waals surface area contributed by atoms with E-state index in [0.717, 1.165) is 11.3 Å². The van der Waals surface area contributed by atoms with Crippen LogP contribution in [-0.4, -0.2) is 10.1 Å². The standard InChI is InChI=1S/C15H10N.C6H9O.Pt/c1-2-7-13(8-3-1)15-14-9-5-4-6-12(14)10-11-16-15;1-5(2)4-6(3)7;/h1-7,9-11H;1,4,7H,2-3H3;/q2*-1;+2. The summed E-state index contributed by atoms with van der Waals surface area (Å²) in [5, 5.41) is 10.9. The van der Waals surface area contributed by atoms with Gasteiger partial charge in [-0.15, -0.1) is 35.9 Å². The Kier molecular flexibility index (Phi) is 8.15. The summed E-state index contributed by atoms with van der Waals surface area (Å²) in [5.74, 6) is 0.250. The second-order valence-corrected chi connectivity index (χ2v) is 5.19. The molecule has 0 amide bonds. The van der Waals surface area contributed by atoms with Gasteiger partial charge in [-0.3, -0.25) is 6.58 Å². The average molecular weight is 496 g/mol. The number of hydrogen-bond acceptors (Lipinski definition) is 2. The average Bonchev–Trinajstić information content (AvgIpc) is 2.54. The fourth-order valence-corrected chi connectivity index (χ4v) is 2.20. The topological polar surface area (TPSA) is 33.1 Å². The molecular weight excluding hydrogens is 477 g/mol. The van der Waals surface area contributed by atoms with E-state index >= 15 is 0 Å². The van der Waals surface area contributed by atoms with Gasteiger partial charge in [0.1, 0.15) is 0 Å². The van der Waals surface area contributed by atoms with Gasteiger partial charge in [0.15, 0.2) is 0 Å². The minimum absolute atomic E-state index is 0. The maximum Gasteiger partial charge on any atom is 2.00 e. The number of aromatic nitrogens is 1. The van der Waals surface area contributed by atoms with Gasteiger partial charge >= 0.3 is 21.1 Å². The molecular formula is C21H19NOPt. The molecule has 3 aromatic rings. The predicted octanol–water partition coefficient (Wildman–Crippen LogP) is 5.53. The number of aliphatic hydroxyl groups is 1. The normalized spacial score (nSPS) is 10.3. The SMILES string of the molecule is [CH-]=C(C)C=C(C)O.[Pt+2].[c-]1ccccc1-c1nccc2ccccc12. The van der Waals surface area contributed by atoms with E-state index in [-0.39, 0.29) is 26.8 Å². The van der Waals surface area contributed by atoms with Gasteiger partial charge in [-0.1, -0.05) is 31.2 Å². The Labute approximate surface area is 157 Å². The Balaban J connectivity index is 0.000000312. The zero-order chi connectivity index (χ0) is 16.7. The van der Waals surface area contributed by atoms with E-state index in [1.54, 1.807) is 13.8 Å². The molecule has 24 heavy (non-hydrogen) atoms. The zero-order valence-electron chi connectivity index (χ0n) is 13.6. The third-order valence-corrected chi connectivity index (χ3v) is 3.07. The number of benzene rings is 2. The van der Waals surface area contributed by atoms with Crippen LogP contribution in [0.3, 0.4) is 0 Å². The van der Waals surface area contributed by atoms with Gasteiger partial charge in [0.2, 0.25) is 0 Å². The summed E-state index contributed by atoms with van der Waals surface area (Å²) in [6.07, 6.45) is 3.35. The smallest absolute Gasteiger partial charge is 0.531 e. The van der Waals surface area contributed by atoms with Crippen LogP contribution in [0.1, 0.15) is 13.8 Å². The van der Waals surface area contributed by atoms with E-state index in [1.807, 2.05) is 48.7 Å². The summed E-state index contributed by atoms with van der Waals surface area (Å²) in [4.78, 5) is 4.45. The predicted molar refractivity (Wildman–Crippen MR) is 95.9 cm³/mol. The fraction of sp³-hybridized carbons (Fsp3) is 0.0952. The van der Waals surface area contributed by atoms with Crippen LogP contribution in [0, 0.1) is 12.6 Å². The first-order valence-electron chi connectivity index (χ1n) is 7.35. The van der Waals surface area contributed by atoms with Gasteiger partial charge in [-0.25, -0.2) is 5.57 Å². The van der Waals surface area contributed by atoms with Crippen LogP contribution < -0.4 is 0 Å². The molecule has 0 spiro atoms. The van der Waals surface area contributed by atoms with Crippen LogP contribution in [0.2, 0.25) is 0 Å². The molecule has 0 saturated heterocycles. The van der Waals surface area contributed by atoms with Crippen LogP contribution in [0.4, 0.5) is 0 Å². The molecule has 0 fully saturated rings. The van der Waals surface area contributed by atoms with Crippen molar-refractivity contribution in [2.24, 2.45) is 0 Å². The molecule has 124 valence electrons. The van der Waals surface area contributed by atoms with E-state index in [1.165, 1.54) is 16.8 Å². The molecule has 0 atom stereocenters. The van der Waals surface area contributed by atoms with Crippen molar-refractivity contribution in [1.82, 2.24) is 4.98 Å². The summed E-state index contributed by atoms with van der Waals surface area (Å²) in [7, 11) is 0. The summed E-state index contributed by atoms with van der Waals surface area (Å²) in [6, 6.07) is 21.4. The Morgan fingerprint density at radius 3 is 2.38 bits per heavy atom. The Hall–Kier alpha value is -2.18.